The maximum atomic E-state index is 12.9. The number of rotatable bonds is 4. The molecule has 7 nitrogen and oxygen atoms in total. The average molecular weight is 364 g/mol. The molecule has 138 valence electrons. The lowest BCUT2D eigenvalue weighted by molar-refractivity contribution is -0.121. The Bertz CT molecular complexity index is 944. The summed E-state index contributed by atoms with van der Waals surface area (Å²) in [6, 6.07) is 9.02. The predicted molar refractivity (Wildman–Crippen MR) is 100 cm³/mol. The van der Waals surface area contributed by atoms with Gasteiger partial charge in [0.05, 0.1) is 30.0 Å². The van der Waals surface area contributed by atoms with Crippen molar-refractivity contribution in [2.24, 2.45) is 0 Å². The average Bonchev–Trinajstić information content (AvgIpc) is 3.35. The highest BCUT2D eigenvalue weighted by atomic mass is 16.3. The molecule has 1 saturated heterocycles. The Labute approximate surface area is 156 Å². The normalized spacial score (nSPS) is 17.1. The van der Waals surface area contributed by atoms with Crippen LogP contribution in [0.5, 0.6) is 0 Å². The lowest BCUT2D eigenvalue weighted by atomic mass is 10.0. The summed E-state index contributed by atoms with van der Waals surface area (Å²) < 4.78 is 5.07. The largest absolute Gasteiger partial charge is 0.472 e. The molecule has 27 heavy (non-hydrogen) atoms. The van der Waals surface area contributed by atoms with E-state index in [9.17, 15) is 9.59 Å². The van der Waals surface area contributed by atoms with Crippen LogP contribution in [0.3, 0.4) is 0 Å². The summed E-state index contributed by atoms with van der Waals surface area (Å²) in [5, 5.41) is 9.63. The molecule has 1 unspecified atom stereocenters. The van der Waals surface area contributed by atoms with Crippen molar-refractivity contribution < 1.29 is 14.0 Å². The fourth-order valence-corrected chi connectivity index (χ4v) is 3.31. The van der Waals surface area contributed by atoms with Gasteiger partial charge in [-0.2, -0.15) is 5.10 Å². The summed E-state index contributed by atoms with van der Waals surface area (Å²) in [6.45, 7) is 2.66. The summed E-state index contributed by atoms with van der Waals surface area (Å²) in [7, 11) is 0. The molecule has 1 aliphatic rings. The smallest absolute Gasteiger partial charge is 0.255 e. The van der Waals surface area contributed by atoms with E-state index in [1.165, 1.54) is 18.7 Å². The van der Waals surface area contributed by atoms with Gasteiger partial charge in [-0.1, -0.05) is 17.7 Å². The minimum atomic E-state index is -0.556. The molecule has 3 aromatic rings. The highest BCUT2D eigenvalue weighted by Crippen LogP contribution is 2.24. The Balaban J connectivity index is 1.51. The molecule has 4 rings (SSSR count). The van der Waals surface area contributed by atoms with Gasteiger partial charge in [0, 0.05) is 17.8 Å². The summed E-state index contributed by atoms with van der Waals surface area (Å²) in [5.41, 5.74) is 3.68. The van der Waals surface area contributed by atoms with Crippen molar-refractivity contribution in [3.63, 3.8) is 0 Å². The van der Waals surface area contributed by atoms with Crippen LogP contribution in [0.15, 0.2) is 53.5 Å². The number of piperidine rings is 1. The zero-order valence-electron chi connectivity index (χ0n) is 14.9. The zero-order valence-corrected chi connectivity index (χ0v) is 14.9. The number of furan rings is 1. The van der Waals surface area contributed by atoms with Gasteiger partial charge in [-0.15, -0.1) is 0 Å². The van der Waals surface area contributed by atoms with Crippen molar-refractivity contribution >= 4 is 17.5 Å². The van der Waals surface area contributed by atoms with Crippen LogP contribution >= 0.6 is 0 Å². The van der Waals surface area contributed by atoms with E-state index in [4.69, 9.17) is 4.42 Å². The topological polar surface area (TPSA) is 91.2 Å². The molecule has 1 aliphatic heterocycles. The van der Waals surface area contributed by atoms with Gasteiger partial charge in [-0.25, -0.2) is 0 Å². The third-order valence-electron chi connectivity index (χ3n) is 4.78. The number of hydrogen-bond donors (Lipinski definition) is 2. The van der Waals surface area contributed by atoms with E-state index < -0.39 is 6.04 Å². The van der Waals surface area contributed by atoms with E-state index in [1.54, 1.807) is 11.0 Å². The van der Waals surface area contributed by atoms with Crippen LogP contribution in [-0.4, -0.2) is 34.6 Å². The van der Waals surface area contributed by atoms with Crippen LogP contribution in [0.25, 0.3) is 11.3 Å². The van der Waals surface area contributed by atoms with Crippen LogP contribution in [0, 0.1) is 6.92 Å². The molecule has 0 aliphatic carbocycles. The number of anilines is 1. The van der Waals surface area contributed by atoms with Gasteiger partial charge < -0.3 is 14.6 Å². The number of carbonyl (C=O) groups excluding carboxylic acids is 2. The van der Waals surface area contributed by atoms with E-state index in [0.717, 1.165) is 23.2 Å². The first-order valence-corrected chi connectivity index (χ1v) is 8.88. The maximum Gasteiger partial charge on any atom is 0.255 e. The number of nitrogens with zero attached hydrogens (tertiary/aromatic N) is 2. The van der Waals surface area contributed by atoms with Gasteiger partial charge >= 0.3 is 0 Å². The Morgan fingerprint density at radius 1 is 1.30 bits per heavy atom. The molecule has 1 aromatic carbocycles. The van der Waals surface area contributed by atoms with Crippen molar-refractivity contribution in [2.45, 2.75) is 25.8 Å². The standard InChI is InChI=1S/C20H20N4O3/c1-13-4-6-15(7-5-13)24-9-2-3-17(20(24)26)22-19(25)16-11-21-23-18(16)14-8-10-27-12-14/h4-8,10-12,17H,2-3,9H2,1H3,(H,21,23)(H,22,25). The number of aryl methyl sites for hydroxylation is 1. The van der Waals surface area contributed by atoms with E-state index in [-0.39, 0.29) is 11.8 Å². The molecule has 0 saturated carbocycles. The third-order valence-corrected chi connectivity index (χ3v) is 4.78. The fourth-order valence-electron chi connectivity index (χ4n) is 3.31. The lowest BCUT2D eigenvalue weighted by Crippen LogP contribution is -2.52. The first kappa shape index (κ1) is 17.1. The first-order chi connectivity index (χ1) is 13.1. The summed E-state index contributed by atoms with van der Waals surface area (Å²) >= 11 is 0. The minimum Gasteiger partial charge on any atom is -0.472 e. The van der Waals surface area contributed by atoms with Crippen LogP contribution < -0.4 is 10.2 Å². The number of hydrogen-bond acceptors (Lipinski definition) is 4. The number of H-pyrrole nitrogens is 1. The second-order valence-corrected chi connectivity index (χ2v) is 6.66. The molecule has 2 amide bonds. The second-order valence-electron chi connectivity index (χ2n) is 6.66. The van der Waals surface area contributed by atoms with Gasteiger partial charge in [-0.05, 0) is 38.0 Å². The monoisotopic (exact) mass is 364 g/mol. The molecule has 2 N–H and O–H groups in total. The molecule has 3 heterocycles. The highest BCUT2D eigenvalue weighted by molar-refractivity contribution is 6.04. The summed E-state index contributed by atoms with van der Waals surface area (Å²) in [6.07, 6.45) is 5.97. The molecule has 0 spiro atoms. The van der Waals surface area contributed by atoms with Crippen molar-refractivity contribution in [3.05, 3.63) is 60.2 Å². The second kappa shape index (κ2) is 7.11. The van der Waals surface area contributed by atoms with E-state index in [2.05, 4.69) is 15.5 Å². The van der Waals surface area contributed by atoms with Gasteiger partial charge in [0.2, 0.25) is 5.91 Å². The zero-order chi connectivity index (χ0) is 18.8. The molecular formula is C20H20N4O3. The Morgan fingerprint density at radius 3 is 2.85 bits per heavy atom. The van der Waals surface area contributed by atoms with Crippen molar-refractivity contribution in [1.29, 1.82) is 0 Å². The molecule has 2 aromatic heterocycles. The Kier molecular flexibility index (Phi) is 4.50. The molecule has 0 bridgehead atoms. The SMILES string of the molecule is Cc1ccc(N2CCCC(NC(=O)c3cn[nH]c3-c3ccoc3)C2=O)cc1. The Hall–Kier alpha value is -3.35. The lowest BCUT2D eigenvalue weighted by Gasteiger charge is -2.32. The molecule has 1 atom stereocenters. The van der Waals surface area contributed by atoms with Gasteiger partial charge in [0.1, 0.15) is 6.04 Å². The molecular weight excluding hydrogens is 344 g/mol. The van der Waals surface area contributed by atoms with Crippen LogP contribution in [-0.2, 0) is 4.79 Å². The van der Waals surface area contributed by atoms with Crippen molar-refractivity contribution in [1.82, 2.24) is 15.5 Å². The first-order valence-electron chi connectivity index (χ1n) is 8.88. The maximum absolute atomic E-state index is 12.9. The van der Waals surface area contributed by atoms with E-state index in [1.807, 2.05) is 31.2 Å². The number of aromatic nitrogens is 2. The number of nitrogens with one attached hydrogen (secondary N) is 2. The van der Waals surface area contributed by atoms with Crippen molar-refractivity contribution in [3.8, 4) is 11.3 Å². The van der Waals surface area contributed by atoms with Crippen LogP contribution in [0.1, 0.15) is 28.8 Å². The fraction of sp³-hybridized carbons (Fsp3) is 0.250. The van der Waals surface area contributed by atoms with Crippen molar-refractivity contribution in [2.75, 3.05) is 11.4 Å². The minimum absolute atomic E-state index is 0.0909. The van der Waals surface area contributed by atoms with E-state index >= 15 is 0 Å². The summed E-state index contributed by atoms with van der Waals surface area (Å²) in [5.74, 6) is -0.420. The number of amides is 2. The van der Waals surface area contributed by atoms with E-state index in [0.29, 0.717) is 24.2 Å². The van der Waals surface area contributed by atoms with Gasteiger partial charge in [0.25, 0.3) is 5.91 Å². The number of aromatic amines is 1. The van der Waals surface area contributed by atoms with Gasteiger partial charge in [-0.3, -0.25) is 14.7 Å². The molecule has 1 fully saturated rings. The molecule has 0 radical (unpaired) electrons. The van der Waals surface area contributed by atoms with Crippen LogP contribution in [0.4, 0.5) is 5.69 Å². The molecule has 7 heteroatoms. The predicted octanol–water partition coefficient (Wildman–Crippen LogP) is 2.90. The number of carbonyl (C=O) groups is 2. The van der Waals surface area contributed by atoms with Crippen LogP contribution in [0.2, 0.25) is 0 Å². The third kappa shape index (κ3) is 3.36. The quantitative estimate of drug-likeness (QED) is 0.745. The Morgan fingerprint density at radius 2 is 2.11 bits per heavy atom. The number of benzene rings is 1. The van der Waals surface area contributed by atoms with Gasteiger partial charge in [0.15, 0.2) is 0 Å². The summed E-state index contributed by atoms with van der Waals surface area (Å²) in [4.78, 5) is 27.4. The highest BCUT2D eigenvalue weighted by Gasteiger charge is 2.31.